The van der Waals surface area contributed by atoms with Gasteiger partial charge in [-0.2, -0.15) is 0 Å². The molecule has 0 N–H and O–H groups in total. The van der Waals surface area contributed by atoms with Crippen molar-refractivity contribution in [3.8, 4) is 0 Å². The average molecular weight is 300 g/mol. The lowest BCUT2D eigenvalue weighted by atomic mass is 9.97. The van der Waals surface area contributed by atoms with Gasteiger partial charge in [-0.1, -0.05) is 47.0 Å². The van der Waals surface area contributed by atoms with E-state index >= 15 is 0 Å². The summed E-state index contributed by atoms with van der Waals surface area (Å²) in [7, 11) is 0. The fourth-order valence-electron chi connectivity index (χ4n) is 2.29. The summed E-state index contributed by atoms with van der Waals surface area (Å²) in [6.45, 7) is 8.80. The van der Waals surface area contributed by atoms with Crippen LogP contribution in [0.25, 0.3) is 0 Å². The third-order valence-corrected chi connectivity index (χ3v) is 3.61. The standard InChI is InChI=1S/C17H32O4/c1-5-8-9-13-20-16(18)11-12-17(19)21-15(7-3)14(4)10-6-2/h14-15H,5-13H2,1-4H3. The first-order chi connectivity index (χ1) is 10.0. The van der Waals surface area contributed by atoms with Crippen molar-refractivity contribution in [2.45, 2.75) is 85.2 Å². The number of hydrogen-bond acceptors (Lipinski definition) is 4. The molecule has 0 fully saturated rings. The normalized spacial score (nSPS) is 13.5. The zero-order chi connectivity index (χ0) is 16.1. The van der Waals surface area contributed by atoms with E-state index in [1.165, 1.54) is 0 Å². The van der Waals surface area contributed by atoms with Crippen molar-refractivity contribution in [3.63, 3.8) is 0 Å². The predicted octanol–water partition coefficient (Wildman–Crippen LogP) is 4.26. The second-order valence-corrected chi connectivity index (χ2v) is 5.63. The van der Waals surface area contributed by atoms with E-state index in [4.69, 9.17) is 9.47 Å². The number of ether oxygens (including phenoxy) is 2. The summed E-state index contributed by atoms with van der Waals surface area (Å²) in [6, 6.07) is 0. The molecule has 0 aliphatic heterocycles. The Bertz CT molecular complexity index is 289. The van der Waals surface area contributed by atoms with Crippen molar-refractivity contribution in [1.82, 2.24) is 0 Å². The first kappa shape index (κ1) is 19.9. The number of carbonyl (C=O) groups excluding carboxylic acids is 2. The van der Waals surface area contributed by atoms with E-state index in [1.54, 1.807) is 0 Å². The van der Waals surface area contributed by atoms with Crippen LogP contribution in [0.5, 0.6) is 0 Å². The maximum absolute atomic E-state index is 11.8. The molecule has 0 saturated heterocycles. The van der Waals surface area contributed by atoms with Crippen LogP contribution >= 0.6 is 0 Å². The lowest BCUT2D eigenvalue weighted by Crippen LogP contribution is -2.25. The van der Waals surface area contributed by atoms with Crippen LogP contribution in [0, 0.1) is 5.92 Å². The van der Waals surface area contributed by atoms with Gasteiger partial charge in [0.15, 0.2) is 0 Å². The lowest BCUT2D eigenvalue weighted by molar-refractivity contribution is -0.155. The summed E-state index contributed by atoms with van der Waals surface area (Å²) < 4.78 is 10.5. The van der Waals surface area contributed by atoms with Gasteiger partial charge in [0.2, 0.25) is 0 Å². The van der Waals surface area contributed by atoms with Gasteiger partial charge < -0.3 is 9.47 Å². The van der Waals surface area contributed by atoms with Crippen molar-refractivity contribution in [2.24, 2.45) is 5.92 Å². The minimum absolute atomic E-state index is 0.0435. The molecule has 0 aromatic heterocycles. The molecule has 0 aliphatic carbocycles. The summed E-state index contributed by atoms with van der Waals surface area (Å²) in [4.78, 5) is 23.2. The Balaban J connectivity index is 3.89. The van der Waals surface area contributed by atoms with E-state index in [2.05, 4.69) is 20.8 Å². The van der Waals surface area contributed by atoms with Crippen LogP contribution < -0.4 is 0 Å². The van der Waals surface area contributed by atoms with Gasteiger partial charge in [-0.25, -0.2) is 0 Å². The minimum Gasteiger partial charge on any atom is -0.466 e. The fourth-order valence-corrected chi connectivity index (χ4v) is 2.29. The molecular formula is C17H32O4. The quantitative estimate of drug-likeness (QED) is 0.399. The number of rotatable bonds is 12. The topological polar surface area (TPSA) is 52.6 Å². The molecule has 21 heavy (non-hydrogen) atoms. The van der Waals surface area contributed by atoms with E-state index in [0.29, 0.717) is 12.5 Å². The second-order valence-electron chi connectivity index (χ2n) is 5.63. The summed E-state index contributed by atoms with van der Waals surface area (Å²) in [5, 5.41) is 0. The average Bonchev–Trinajstić information content (AvgIpc) is 2.47. The molecule has 0 aromatic rings. The van der Waals surface area contributed by atoms with E-state index < -0.39 is 0 Å². The second kappa shape index (κ2) is 12.7. The molecule has 0 radical (unpaired) electrons. The Morgan fingerprint density at radius 2 is 1.62 bits per heavy atom. The van der Waals surface area contributed by atoms with Gasteiger partial charge >= 0.3 is 11.9 Å². The Kier molecular flexibility index (Phi) is 12.0. The maximum Gasteiger partial charge on any atom is 0.306 e. The molecule has 2 atom stereocenters. The molecule has 0 aromatic carbocycles. The van der Waals surface area contributed by atoms with Crippen molar-refractivity contribution in [2.75, 3.05) is 6.61 Å². The van der Waals surface area contributed by atoms with Crippen molar-refractivity contribution in [1.29, 1.82) is 0 Å². The molecule has 0 spiro atoms. The lowest BCUT2D eigenvalue weighted by Gasteiger charge is -2.22. The van der Waals surface area contributed by atoms with Crippen LogP contribution in [0.2, 0.25) is 0 Å². The molecule has 0 bridgehead atoms. The predicted molar refractivity (Wildman–Crippen MR) is 84.0 cm³/mol. The maximum atomic E-state index is 11.8. The van der Waals surface area contributed by atoms with Gasteiger partial charge in [0.1, 0.15) is 6.10 Å². The fraction of sp³-hybridized carbons (Fsp3) is 0.882. The molecule has 4 heteroatoms. The molecule has 124 valence electrons. The summed E-state index contributed by atoms with van der Waals surface area (Å²) in [5.74, 6) is -0.238. The number of carbonyl (C=O) groups is 2. The van der Waals surface area contributed by atoms with Crippen molar-refractivity contribution in [3.05, 3.63) is 0 Å². The highest BCUT2D eigenvalue weighted by Gasteiger charge is 2.19. The van der Waals surface area contributed by atoms with Crippen LogP contribution in [0.1, 0.15) is 79.1 Å². The van der Waals surface area contributed by atoms with Crippen LogP contribution in [0.15, 0.2) is 0 Å². The van der Waals surface area contributed by atoms with Gasteiger partial charge in [-0.15, -0.1) is 0 Å². The smallest absolute Gasteiger partial charge is 0.306 e. The first-order valence-electron chi connectivity index (χ1n) is 8.40. The molecular weight excluding hydrogens is 268 g/mol. The summed E-state index contributed by atoms with van der Waals surface area (Å²) in [5.41, 5.74) is 0. The Labute approximate surface area is 129 Å². The Hall–Kier alpha value is -1.06. The van der Waals surface area contributed by atoms with Gasteiger partial charge in [-0.3, -0.25) is 9.59 Å². The van der Waals surface area contributed by atoms with Gasteiger partial charge in [0, 0.05) is 0 Å². The molecule has 0 aliphatic rings. The highest BCUT2D eigenvalue weighted by molar-refractivity contribution is 5.77. The minimum atomic E-state index is -0.308. The highest BCUT2D eigenvalue weighted by atomic mass is 16.5. The van der Waals surface area contributed by atoms with E-state index in [1.807, 2.05) is 6.92 Å². The largest absolute Gasteiger partial charge is 0.466 e. The van der Waals surface area contributed by atoms with Crippen LogP contribution in [0.3, 0.4) is 0 Å². The third kappa shape index (κ3) is 10.3. The van der Waals surface area contributed by atoms with Crippen LogP contribution in [-0.4, -0.2) is 24.6 Å². The SMILES string of the molecule is CCCCCOC(=O)CCC(=O)OC(CC)C(C)CCC. The van der Waals surface area contributed by atoms with Crippen molar-refractivity contribution < 1.29 is 19.1 Å². The monoisotopic (exact) mass is 300 g/mol. The third-order valence-electron chi connectivity index (χ3n) is 3.61. The van der Waals surface area contributed by atoms with E-state index in [9.17, 15) is 9.59 Å². The van der Waals surface area contributed by atoms with Gasteiger partial charge in [0.25, 0.3) is 0 Å². The zero-order valence-corrected chi connectivity index (χ0v) is 14.2. The van der Waals surface area contributed by atoms with Crippen molar-refractivity contribution >= 4 is 11.9 Å². The molecule has 0 amide bonds. The number of esters is 2. The van der Waals surface area contributed by atoms with Crippen LogP contribution in [0.4, 0.5) is 0 Å². The zero-order valence-electron chi connectivity index (χ0n) is 14.2. The van der Waals surface area contributed by atoms with Crippen LogP contribution in [-0.2, 0) is 19.1 Å². The Morgan fingerprint density at radius 1 is 0.952 bits per heavy atom. The number of unbranched alkanes of at least 4 members (excludes halogenated alkanes) is 2. The number of hydrogen-bond donors (Lipinski definition) is 0. The molecule has 4 nitrogen and oxygen atoms in total. The molecule has 0 heterocycles. The first-order valence-corrected chi connectivity index (χ1v) is 8.40. The van der Waals surface area contributed by atoms with E-state index in [0.717, 1.165) is 38.5 Å². The summed E-state index contributed by atoms with van der Waals surface area (Å²) in [6.07, 6.45) is 6.17. The van der Waals surface area contributed by atoms with Gasteiger partial charge in [0.05, 0.1) is 19.4 Å². The molecule has 2 unspecified atom stereocenters. The molecule has 0 saturated carbocycles. The van der Waals surface area contributed by atoms with Gasteiger partial charge in [-0.05, 0) is 25.2 Å². The summed E-state index contributed by atoms with van der Waals surface area (Å²) >= 11 is 0. The molecule has 0 rings (SSSR count). The Morgan fingerprint density at radius 3 is 2.19 bits per heavy atom. The highest BCUT2D eigenvalue weighted by Crippen LogP contribution is 2.17. The van der Waals surface area contributed by atoms with E-state index in [-0.39, 0.29) is 30.9 Å².